The molecule has 4 nitrogen and oxygen atoms in total. The Labute approximate surface area is 152 Å². The Balaban J connectivity index is 1.64. The van der Waals surface area contributed by atoms with Crippen LogP contribution in [0.15, 0.2) is 18.2 Å². The first-order valence-corrected chi connectivity index (χ1v) is 9.69. The lowest BCUT2D eigenvalue weighted by Gasteiger charge is -2.34. The van der Waals surface area contributed by atoms with Gasteiger partial charge in [0.15, 0.2) is 0 Å². The molecule has 0 spiro atoms. The van der Waals surface area contributed by atoms with Gasteiger partial charge in [0, 0.05) is 31.9 Å². The quantitative estimate of drug-likeness (QED) is 0.789. The number of likely N-dealkylation sites (N-methyl/N-ethyl adjacent to an activating group) is 1. The summed E-state index contributed by atoms with van der Waals surface area (Å²) < 4.78 is 12.6. The molecular formula is C20H31BN2O2. The molecule has 2 heterocycles. The Kier molecular flexibility index (Phi) is 4.17. The van der Waals surface area contributed by atoms with Gasteiger partial charge >= 0.3 is 7.12 Å². The van der Waals surface area contributed by atoms with Crippen LogP contribution in [-0.2, 0) is 9.31 Å². The monoisotopic (exact) mass is 342 g/mol. The van der Waals surface area contributed by atoms with Crippen LogP contribution in [0.4, 0.5) is 5.69 Å². The van der Waals surface area contributed by atoms with E-state index in [-0.39, 0.29) is 18.3 Å². The number of hydrogen-bond acceptors (Lipinski definition) is 4. The first-order valence-electron chi connectivity index (χ1n) is 9.69. The number of nitrogens with zero attached hydrogens (tertiary/aromatic N) is 2. The summed E-state index contributed by atoms with van der Waals surface area (Å²) in [6.45, 7) is 12.9. The Morgan fingerprint density at radius 3 is 2.08 bits per heavy atom. The van der Waals surface area contributed by atoms with E-state index in [1.165, 1.54) is 29.6 Å². The van der Waals surface area contributed by atoms with Crippen molar-refractivity contribution in [3.8, 4) is 0 Å². The maximum atomic E-state index is 6.32. The van der Waals surface area contributed by atoms with Gasteiger partial charge in [0.1, 0.15) is 0 Å². The van der Waals surface area contributed by atoms with Crippen LogP contribution in [0.25, 0.3) is 0 Å². The molecule has 1 aliphatic carbocycles. The molecule has 4 rings (SSSR count). The molecule has 1 saturated carbocycles. The number of piperazine rings is 1. The lowest BCUT2D eigenvalue weighted by Crippen LogP contribution is -2.45. The molecular weight excluding hydrogens is 311 g/mol. The van der Waals surface area contributed by atoms with E-state index in [4.69, 9.17) is 9.31 Å². The summed E-state index contributed by atoms with van der Waals surface area (Å²) in [5.41, 5.74) is 3.39. The van der Waals surface area contributed by atoms with Crippen LogP contribution in [0.3, 0.4) is 0 Å². The average molecular weight is 342 g/mol. The standard InChI is InChI=1S/C20H31BN2O2/c1-19(2)20(3,4)25-21(24-19)17-12-16(15-6-7-15)13-18(14-17)23-10-8-22(5)9-11-23/h12-15H,6-11H2,1-5H3. The third-order valence-corrected chi connectivity index (χ3v) is 6.41. The third kappa shape index (κ3) is 3.34. The summed E-state index contributed by atoms with van der Waals surface area (Å²) in [7, 11) is 1.93. The minimum Gasteiger partial charge on any atom is -0.399 e. The molecule has 5 heteroatoms. The minimum absolute atomic E-state index is 0.269. The molecule has 25 heavy (non-hydrogen) atoms. The predicted octanol–water partition coefficient (Wildman–Crippen LogP) is 2.62. The summed E-state index contributed by atoms with van der Waals surface area (Å²) in [5.74, 6) is 0.730. The molecule has 3 aliphatic rings. The zero-order valence-electron chi connectivity index (χ0n) is 16.3. The van der Waals surface area contributed by atoms with Gasteiger partial charge in [0.05, 0.1) is 11.2 Å². The van der Waals surface area contributed by atoms with Crippen molar-refractivity contribution < 1.29 is 9.31 Å². The highest BCUT2D eigenvalue weighted by Gasteiger charge is 2.52. The number of rotatable bonds is 3. The van der Waals surface area contributed by atoms with E-state index in [1.54, 1.807) is 0 Å². The fourth-order valence-electron chi connectivity index (χ4n) is 3.67. The molecule has 136 valence electrons. The molecule has 2 saturated heterocycles. The highest BCUT2D eigenvalue weighted by Crippen LogP contribution is 2.42. The highest BCUT2D eigenvalue weighted by molar-refractivity contribution is 6.62. The van der Waals surface area contributed by atoms with Crippen LogP contribution in [-0.4, -0.2) is 56.4 Å². The summed E-state index contributed by atoms with van der Waals surface area (Å²) in [6, 6.07) is 7.01. The predicted molar refractivity (Wildman–Crippen MR) is 104 cm³/mol. The van der Waals surface area contributed by atoms with Crippen LogP contribution in [0.5, 0.6) is 0 Å². The second-order valence-electron chi connectivity index (χ2n) is 9.01. The van der Waals surface area contributed by atoms with Crippen LogP contribution in [0.1, 0.15) is 52.0 Å². The van der Waals surface area contributed by atoms with Gasteiger partial charge in [-0.05, 0) is 76.7 Å². The van der Waals surface area contributed by atoms with Gasteiger partial charge in [-0.25, -0.2) is 0 Å². The number of anilines is 1. The topological polar surface area (TPSA) is 24.9 Å². The molecule has 0 N–H and O–H groups in total. The van der Waals surface area contributed by atoms with Crippen molar-refractivity contribution in [3.63, 3.8) is 0 Å². The summed E-state index contributed by atoms with van der Waals surface area (Å²) in [6.07, 6.45) is 2.63. The Morgan fingerprint density at radius 2 is 1.52 bits per heavy atom. The molecule has 0 bridgehead atoms. The zero-order chi connectivity index (χ0) is 17.8. The summed E-state index contributed by atoms with van der Waals surface area (Å²) in [5, 5.41) is 0. The second kappa shape index (κ2) is 6.00. The largest absolute Gasteiger partial charge is 0.494 e. The van der Waals surface area contributed by atoms with Crippen LogP contribution in [0, 0.1) is 0 Å². The summed E-state index contributed by atoms with van der Waals surface area (Å²) >= 11 is 0. The van der Waals surface area contributed by atoms with E-state index >= 15 is 0 Å². The van der Waals surface area contributed by atoms with E-state index in [0.717, 1.165) is 32.1 Å². The van der Waals surface area contributed by atoms with Crippen molar-refractivity contribution >= 4 is 18.3 Å². The van der Waals surface area contributed by atoms with Gasteiger partial charge in [-0.3, -0.25) is 0 Å². The number of hydrogen-bond donors (Lipinski definition) is 0. The zero-order valence-corrected chi connectivity index (χ0v) is 16.3. The molecule has 1 aromatic rings. The minimum atomic E-state index is -0.290. The Morgan fingerprint density at radius 1 is 0.920 bits per heavy atom. The van der Waals surface area contributed by atoms with Gasteiger partial charge in [-0.2, -0.15) is 0 Å². The van der Waals surface area contributed by atoms with E-state index < -0.39 is 0 Å². The van der Waals surface area contributed by atoms with Crippen molar-refractivity contribution in [1.29, 1.82) is 0 Å². The van der Waals surface area contributed by atoms with Gasteiger partial charge in [0.25, 0.3) is 0 Å². The lowest BCUT2D eigenvalue weighted by molar-refractivity contribution is 0.00578. The normalized spacial score (nSPS) is 26.3. The van der Waals surface area contributed by atoms with E-state index in [1.807, 2.05) is 0 Å². The fourth-order valence-corrected chi connectivity index (χ4v) is 3.67. The maximum absolute atomic E-state index is 6.32. The molecule has 0 amide bonds. The van der Waals surface area contributed by atoms with Crippen molar-refractivity contribution in [2.45, 2.75) is 57.7 Å². The van der Waals surface area contributed by atoms with Crippen molar-refractivity contribution in [3.05, 3.63) is 23.8 Å². The van der Waals surface area contributed by atoms with Crippen molar-refractivity contribution in [1.82, 2.24) is 4.90 Å². The van der Waals surface area contributed by atoms with E-state index in [2.05, 4.69) is 62.7 Å². The van der Waals surface area contributed by atoms with Crippen molar-refractivity contribution in [2.75, 3.05) is 38.1 Å². The first-order chi connectivity index (χ1) is 11.7. The Bertz CT molecular complexity index is 633. The van der Waals surface area contributed by atoms with Gasteiger partial charge in [0.2, 0.25) is 0 Å². The molecule has 0 atom stereocenters. The van der Waals surface area contributed by atoms with Gasteiger partial charge < -0.3 is 19.1 Å². The van der Waals surface area contributed by atoms with E-state index in [0.29, 0.717) is 0 Å². The van der Waals surface area contributed by atoms with Crippen LogP contribution in [0.2, 0.25) is 0 Å². The fraction of sp³-hybridized carbons (Fsp3) is 0.700. The maximum Gasteiger partial charge on any atom is 0.494 e. The van der Waals surface area contributed by atoms with Crippen molar-refractivity contribution in [2.24, 2.45) is 0 Å². The first kappa shape index (κ1) is 17.4. The molecule has 0 radical (unpaired) electrons. The van der Waals surface area contributed by atoms with Crippen LogP contribution < -0.4 is 10.4 Å². The Hall–Kier alpha value is -1.04. The summed E-state index contributed by atoms with van der Waals surface area (Å²) in [4.78, 5) is 4.91. The molecule has 1 aromatic carbocycles. The molecule has 0 aromatic heterocycles. The highest BCUT2D eigenvalue weighted by atomic mass is 16.7. The number of benzene rings is 1. The van der Waals surface area contributed by atoms with E-state index in [9.17, 15) is 0 Å². The smallest absolute Gasteiger partial charge is 0.399 e. The SMILES string of the molecule is CN1CCN(c2cc(B3OC(C)(C)C(C)(C)O3)cc(C3CC3)c2)CC1. The molecule has 0 unspecified atom stereocenters. The van der Waals surface area contributed by atoms with Crippen LogP contribution >= 0.6 is 0 Å². The lowest BCUT2D eigenvalue weighted by atomic mass is 9.77. The van der Waals surface area contributed by atoms with Gasteiger partial charge in [-0.15, -0.1) is 0 Å². The average Bonchev–Trinajstić information content (AvgIpc) is 3.35. The molecule has 3 fully saturated rings. The second-order valence-corrected chi connectivity index (χ2v) is 9.01. The molecule has 2 aliphatic heterocycles. The van der Waals surface area contributed by atoms with Gasteiger partial charge in [-0.1, -0.05) is 6.07 Å². The third-order valence-electron chi connectivity index (χ3n) is 6.41.